The number of pyridine rings is 1. The quantitative estimate of drug-likeness (QED) is 0.680. The van der Waals surface area contributed by atoms with Gasteiger partial charge in [-0.2, -0.15) is 11.3 Å². The Labute approximate surface area is 146 Å². The molecule has 0 radical (unpaired) electrons. The number of hydrogen-bond acceptors (Lipinski definition) is 6. The third-order valence-electron chi connectivity index (χ3n) is 3.65. The van der Waals surface area contributed by atoms with Crippen LogP contribution in [0.5, 0.6) is 0 Å². The molecule has 1 atom stereocenters. The van der Waals surface area contributed by atoms with Crippen molar-refractivity contribution in [1.82, 2.24) is 15.2 Å². The molecular formula is C17H24N4O2S. The van der Waals surface area contributed by atoms with E-state index in [2.05, 4.69) is 51.4 Å². The van der Waals surface area contributed by atoms with E-state index < -0.39 is 0 Å². The van der Waals surface area contributed by atoms with E-state index in [0.29, 0.717) is 18.7 Å². The fourth-order valence-electron chi connectivity index (χ4n) is 2.27. The lowest BCUT2D eigenvalue weighted by Crippen LogP contribution is -2.27. The first-order valence-corrected chi connectivity index (χ1v) is 8.71. The van der Waals surface area contributed by atoms with Crippen LogP contribution in [0.25, 0.3) is 0 Å². The predicted molar refractivity (Wildman–Crippen MR) is 97.7 cm³/mol. The molecular weight excluding hydrogens is 324 g/mol. The molecule has 0 aliphatic carbocycles. The van der Waals surface area contributed by atoms with E-state index in [4.69, 9.17) is 4.74 Å². The number of carbonyl (C=O) groups excluding carboxylic acids is 1. The molecule has 2 N–H and O–H groups in total. The summed E-state index contributed by atoms with van der Waals surface area (Å²) in [5.41, 5.74) is 1.82. The molecule has 0 saturated carbocycles. The SMILES string of the molecule is COCCNC(=O)c1ccc(NCC(c2ccsc2)N(C)C)nc1. The highest BCUT2D eigenvalue weighted by atomic mass is 32.1. The number of amides is 1. The first kappa shape index (κ1) is 18.4. The number of rotatable bonds is 9. The Hall–Kier alpha value is -1.96. The lowest BCUT2D eigenvalue weighted by Gasteiger charge is -2.24. The van der Waals surface area contributed by atoms with Crippen LogP contribution in [-0.2, 0) is 4.74 Å². The van der Waals surface area contributed by atoms with Gasteiger partial charge < -0.3 is 20.3 Å². The molecule has 0 aliphatic rings. The topological polar surface area (TPSA) is 66.5 Å². The second kappa shape index (κ2) is 9.36. The molecule has 2 aromatic heterocycles. The van der Waals surface area contributed by atoms with Crippen molar-refractivity contribution in [3.05, 3.63) is 46.3 Å². The number of methoxy groups -OCH3 is 1. The minimum Gasteiger partial charge on any atom is -0.383 e. The van der Waals surface area contributed by atoms with Gasteiger partial charge in [0.25, 0.3) is 5.91 Å². The van der Waals surface area contributed by atoms with Crippen LogP contribution in [-0.4, -0.2) is 56.7 Å². The van der Waals surface area contributed by atoms with Gasteiger partial charge in [-0.25, -0.2) is 4.98 Å². The molecule has 1 amide bonds. The number of ether oxygens (including phenoxy) is 1. The third-order valence-corrected chi connectivity index (χ3v) is 4.35. The van der Waals surface area contributed by atoms with E-state index in [-0.39, 0.29) is 11.9 Å². The van der Waals surface area contributed by atoms with Gasteiger partial charge in [0.1, 0.15) is 5.82 Å². The highest BCUT2D eigenvalue weighted by Gasteiger charge is 2.14. The number of likely N-dealkylation sites (N-methyl/N-ethyl adjacent to an activating group) is 1. The summed E-state index contributed by atoms with van der Waals surface area (Å²) in [6.45, 7) is 1.73. The summed E-state index contributed by atoms with van der Waals surface area (Å²) in [7, 11) is 5.72. The van der Waals surface area contributed by atoms with Gasteiger partial charge in [-0.3, -0.25) is 4.79 Å². The smallest absolute Gasteiger partial charge is 0.252 e. The number of nitrogens with zero attached hydrogens (tertiary/aromatic N) is 2. The average molecular weight is 348 g/mol. The Balaban J connectivity index is 1.90. The zero-order chi connectivity index (χ0) is 17.4. The van der Waals surface area contributed by atoms with Crippen molar-refractivity contribution in [2.24, 2.45) is 0 Å². The van der Waals surface area contributed by atoms with Crippen molar-refractivity contribution in [1.29, 1.82) is 0 Å². The van der Waals surface area contributed by atoms with Gasteiger partial charge in [-0.1, -0.05) is 0 Å². The maximum absolute atomic E-state index is 11.9. The fourth-order valence-corrected chi connectivity index (χ4v) is 2.97. The summed E-state index contributed by atoms with van der Waals surface area (Å²) >= 11 is 1.70. The maximum atomic E-state index is 11.9. The number of hydrogen-bond donors (Lipinski definition) is 2. The molecule has 0 spiro atoms. The molecule has 7 heteroatoms. The largest absolute Gasteiger partial charge is 0.383 e. The van der Waals surface area contributed by atoms with E-state index >= 15 is 0 Å². The monoisotopic (exact) mass is 348 g/mol. The normalized spacial score (nSPS) is 12.2. The zero-order valence-corrected chi connectivity index (χ0v) is 15.1. The molecule has 6 nitrogen and oxygen atoms in total. The van der Waals surface area contributed by atoms with Crippen molar-refractivity contribution in [3.8, 4) is 0 Å². The van der Waals surface area contributed by atoms with E-state index in [0.717, 1.165) is 12.4 Å². The predicted octanol–water partition coefficient (Wildman–Crippen LogP) is 2.23. The number of carbonyl (C=O) groups is 1. The van der Waals surface area contributed by atoms with E-state index in [1.807, 2.05) is 6.07 Å². The summed E-state index contributed by atoms with van der Waals surface area (Å²) in [5.74, 6) is 0.612. The molecule has 0 aromatic carbocycles. The van der Waals surface area contributed by atoms with Gasteiger partial charge >= 0.3 is 0 Å². The van der Waals surface area contributed by atoms with Crippen molar-refractivity contribution in [2.45, 2.75) is 6.04 Å². The summed E-state index contributed by atoms with van der Waals surface area (Å²) < 4.78 is 4.91. The number of aromatic nitrogens is 1. The molecule has 0 fully saturated rings. The van der Waals surface area contributed by atoms with Gasteiger partial charge in [0.2, 0.25) is 0 Å². The number of thiophene rings is 1. The summed E-state index contributed by atoms with van der Waals surface area (Å²) in [6, 6.07) is 6.01. The summed E-state index contributed by atoms with van der Waals surface area (Å²) in [6.07, 6.45) is 1.58. The van der Waals surface area contributed by atoms with Crippen molar-refractivity contribution < 1.29 is 9.53 Å². The molecule has 2 aromatic rings. The summed E-state index contributed by atoms with van der Waals surface area (Å²) in [4.78, 5) is 18.4. The van der Waals surface area contributed by atoms with E-state index in [1.54, 1.807) is 30.7 Å². The molecule has 130 valence electrons. The van der Waals surface area contributed by atoms with Crippen LogP contribution in [0.15, 0.2) is 35.2 Å². The second-order valence-electron chi connectivity index (χ2n) is 5.60. The van der Waals surface area contributed by atoms with Gasteiger partial charge in [0.15, 0.2) is 0 Å². The Morgan fingerprint density at radius 3 is 2.79 bits per heavy atom. The van der Waals surface area contributed by atoms with Crippen molar-refractivity contribution >= 4 is 23.1 Å². The van der Waals surface area contributed by atoms with Crippen LogP contribution in [0.1, 0.15) is 22.0 Å². The van der Waals surface area contributed by atoms with Crippen LogP contribution in [0, 0.1) is 0 Å². The van der Waals surface area contributed by atoms with E-state index in [9.17, 15) is 4.79 Å². The van der Waals surface area contributed by atoms with Crippen LogP contribution in [0.2, 0.25) is 0 Å². The minimum absolute atomic E-state index is 0.143. The first-order valence-electron chi connectivity index (χ1n) is 7.77. The van der Waals surface area contributed by atoms with E-state index in [1.165, 1.54) is 5.56 Å². The van der Waals surface area contributed by atoms with Crippen molar-refractivity contribution in [3.63, 3.8) is 0 Å². The van der Waals surface area contributed by atoms with Crippen LogP contribution < -0.4 is 10.6 Å². The van der Waals surface area contributed by atoms with Gasteiger partial charge in [0.05, 0.1) is 18.2 Å². The third kappa shape index (κ3) is 5.30. The highest BCUT2D eigenvalue weighted by Crippen LogP contribution is 2.21. The lowest BCUT2D eigenvalue weighted by atomic mass is 10.1. The first-order chi connectivity index (χ1) is 11.6. The van der Waals surface area contributed by atoms with Crippen LogP contribution in [0.3, 0.4) is 0 Å². The van der Waals surface area contributed by atoms with Gasteiger partial charge in [-0.05, 0) is 48.6 Å². The minimum atomic E-state index is -0.143. The second-order valence-corrected chi connectivity index (χ2v) is 6.38. The number of anilines is 1. The average Bonchev–Trinajstić information content (AvgIpc) is 3.09. The molecule has 24 heavy (non-hydrogen) atoms. The fraction of sp³-hybridized carbons (Fsp3) is 0.412. The Bertz CT molecular complexity index is 614. The molecule has 2 rings (SSSR count). The lowest BCUT2D eigenvalue weighted by molar-refractivity contribution is 0.0937. The highest BCUT2D eigenvalue weighted by molar-refractivity contribution is 7.07. The van der Waals surface area contributed by atoms with Crippen LogP contribution >= 0.6 is 11.3 Å². The standard InChI is InChI=1S/C17H24N4O2S/c1-21(2)15(14-6-9-24-12-14)11-20-16-5-4-13(10-19-16)17(22)18-7-8-23-3/h4-6,9-10,12,15H,7-8,11H2,1-3H3,(H,18,22)(H,19,20). The molecule has 2 heterocycles. The molecule has 0 bridgehead atoms. The van der Waals surface area contributed by atoms with Gasteiger partial charge in [0, 0.05) is 26.4 Å². The molecule has 0 aliphatic heterocycles. The zero-order valence-electron chi connectivity index (χ0n) is 14.3. The summed E-state index contributed by atoms with van der Waals surface area (Å²) in [5, 5.41) is 10.4. The maximum Gasteiger partial charge on any atom is 0.252 e. The molecule has 0 saturated heterocycles. The van der Waals surface area contributed by atoms with Gasteiger partial charge in [-0.15, -0.1) is 0 Å². The number of nitrogens with one attached hydrogen (secondary N) is 2. The molecule has 1 unspecified atom stereocenters. The Kier molecular flexibility index (Phi) is 7.17. The van der Waals surface area contributed by atoms with Crippen LogP contribution in [0.4, 0.5) is 5.82 Å². The van der Waals surface area contributed by atoms with Crippen molar-refractivity contribution in [2.75, 3.05) is 46.2 Å². The Morgan fingerprint density at radius 2 is 2.21 bits per heavy atom. The Morgan fingerprint density at radius 1 is 1.38 bits per heavy atom.